The molecule has 4 N–H and O–H groups in total. The lowest BCUT2D eigenvalue weighted by Crippen LogP contribution is -2.44. The van der Waals surface area contributed by atoms with Crippen molar-refractivity contribution in [3.05, 3.63) is 76.6 Å². The number of anilines is 1. The summed E-state index contributed by atoms with van der Waals surface area (Å²) >= 11 is 0. The standard InChI is InChI=1S/C23H21FN8O3/c1-30-8-7-26-17(30)11-31-23(34)32-21(29-31)19(14-9-16(12-33)27-18(10-14)35-2)20(28-22(32)25)13-3-5-15(24)6-4-13/h3-10,33H,11-12H2,1-2H3,(H2,25,27,28,29)/p+1. The third-order valence-electron chi connectivity index (χ3n) is 5.67. The molecule has 0 bridgehead atoms. The van der Waals surface area contributed by atoms with E-state index in [9.17, 15) is 14.3 Å². The number of hydrogen-bond donors (Lipinski definition) is 3. The van der Waals surface area contributed by atoms with Gasteiger partial charge in [-0.05, 0) is 35.9 Å². The largest absolute Gasteiger partial charge is 0.481 e. The number of fused-ring (bicyclic) bond motifs is 1. The van der Waals surface area contributed by atoms with Crippen LogP contribution in [0.3, 0.4) is 0 Å². The Kier molecular flexibility index (Phi) is 5.49. The van der Waals surface area contributed by atoms with Crippen molar-refractivity contribution in [3.8, 4) is 28.3 Å². The van der Waals surface area contributed by atoms with Gasteiger partial charge in [-0.15, -0.1) is 9.38 Å². The van der Waals surface area contributed by atoms with E-state index in [4.69, 9.17) is 10.5 Å². The molecule has 5 rings (SSSR count). The Hall–Kier alpha value is -4.58. The van der Waals surface area contributed by atoms with E-state index in [0.29, 0.717) is 39.5 Å². The lowest BCUT2D eigenvalue weighted by molar-refractivity contribution is -0.516. The highest BCUT2D eigenvalue weighted by Crippen LogP contribution is 2.34. The molecule has 4 heterocycles. The molecule has 0 amide bonds. The van der Waals surface area contributed by atoms with Crippen LogP contribution in [0.1, 0.15) is 11.5 Å². The lowest BCUT2D eigenvalue weighted by atomic mass is 10.00. The molecule has 0 aliphatic heterocycles. The van der Waals surface area contributed by atoms with Crippen molar-refractivity contribution in [1.82, 2.24) is 29.3 Å². The molecule has 0 radical (unpaired) electrons. The zero-order chi connectivity index (χ0) is 24.7. The monoisotopic (exact) mass is 477 g/mol. The van der Waals surface area contributed by atoms with Gasteiger partial charge >= 0.3 is 11.6 Å². The molecule has 178 valence electrons. The molecule has 0 fully saturated rings. The number of nitrogen functional groups attached to an aromatic ring is 1. The number of rotatable bonds is 6. The van der Waals surface area contributed by atoms with Crippen LogP contribution in [-0.2, 0) is 20.2 Å². The van der Waals surface area contributed by atoms with Crippen LogP contribution in [0.15, 0.2) is 53.6 Å². The Labute approximate surface area is 197 Å². The van der Waals surface area contributed by atoms with E-state index in [0.717, 1.165) is 0 Å². The van der Waals surface area contributed by atoms with E-state index in [1.54, 1.807) is 41.2 Å². The fourth-order valence-corrected chi connectivity index (χ4v) is 3.93. The van der Waals surface area contributed by atoms with Crippen molar-refractivity contribution in [3.63, 3.8) is 0 Å². The molecule has 0 aliphatic rings. The van der Waals surface area contributed by atoms with E-state index in [-0.39, 0.29) is 25.0 Å². The number of aromatic amines is 1. The molecule has 0 spiro atoms. The summed E-state index contributed by atoms with van der Waals surface area (Å²) in [5.41, 5.74) is 8.56. The number of pyridine rings is 1. The van der Waals surface area contributed by atoms with E-state index in [2.05, 4.69) is 20.1 Å². The smallest absolute Gasteiger partial charge is 0.428 e. The van der Waals surface area contributed by atoms with Crippen LogP contribution >= 0.6 is 0 Å². The van der Waals surface area contributed by atoms with Crippen LogP contribution in [0.2, 0.25) is 0 Å². The summed E-state index contributed by atoms with van der Waals surface area (Å²) < 4.78 is 23.4. The topological polar surface area (TPSA) is 141 Å². The number of nitrogens with two attached hydrogens (primary N) is 1. The Balaban J connectivity index is 1.84. The highest BCUT2D eigenvalue weighted by Gasteiger charge is 2.27. The van der Waals surface area contributed by atoms with Gasteiger partial charge in [0.15, 0.2) is 0 Å². The second kappa shape index (κ2) is 8.65. The van der Waals surface area contributed by atoms with Gasteiger partial charge in [0, 0.05) is 31.1 Å². The van der Waals surface area contributed by atoms with Crippen LogP contribution in [-0.4, -0.2) is 41.5 Å². The zero-order valence-corrected chi connectivity index (χ0v) is 18.9. The summed E-state index contributed by atoms with van der Waals surface area (Å²) in [4.78, 5) is 26.3. The molecule has 12 heteroatoms. The third kappa shape index (κ3) is 3.89. The first-order chi connectivity index (χ1) is 16.9. The van der Waals surface area contributed by atoms with Crippen LogP contribution in [0.4, 0.5) is 10.3 Å². The van der Waals surface area contributed by atoms with Crippen LogP contribution in [0.5, 0.6) is 5.88 Å². The first-order valence-electron chi connectivity index (χ1n) is 10.6. The van der Waals surface area contributed by atoms with E-state index in [1.807, 2.05) is 7.05 Å². The number of nitrogens with zero attached hydrogens (tertiary/aromatic N) is 6. The minimum Gasteiger partial charge on any atom is -0.481 e. The lowest BCUT2D eigenvalue weighted by Gasteiger charge is -2.11. The van der Waals surface area contributed by atoms with E-state index < -0.39 is 11.5 Å². The number of methoxy groups -OCH3 is 1. The van der Waals surface area contributed by atoms with Crippen molar-refractivity contribution >= 4 is 11.6 Å². The van der Waals surface area contributed by atoms with Gasteiger partial charge in [0.2, 0.25) is 11.5 Å². The summed E-state index contributed by atoms with van der Waals surface area (Å²) in [6, 6.07) is 9.10. The Morgan fingerprint density at radius 1 is 1.20 bits per heavy atom. The number of nitrogens with one attached hydrogen (secondary N) is 1. The van der Waals surface area contributed by atoms with Crippen LogP contribution in [0, 0.1) is 5.82 Å². The fraction of sp³-hybridized carbons (Fsp3) is 0.174. The average molecular weight is 477 g/mol. The summed E-state index contributed by atoms with van der Waals surface area (Å²) in [6.07, 6.45) is 3.42. The molecule has 11 nitrogen and oxygen atoms in total. The van der Waals surface area contributed by atoms with Gasteiger partial charge < -0.3 is 20.1 Å². The molecular formula is C23H22FN8O3+. The number of H-pyrrole nitrogens is 1. The van der Waals surface area contributed by atoms with Crippen LogP contribution < -0.4 is 20.6 Å². The molecule has 4 aromatic heterocycles. The summed E-state index contributed by atoms with van der Waals surface area (Å²) in [7, 11) is 3.29. The molecule has 0 atom stereocenters. The fourth-order valence-electron chi connectivity index (χ4n) is 3.93. The molecule has 0 aliphatic carbocycles. The number of benzene rings is 1. The normalized spacial score (nSPS) is 11.3. The van der Waals surface area contributed by atoms with E-state index in [1.165, 1.54) is 28.3 Å². The molecule has 0 saturated carbocycles. The maximum Gasteiger partial charge on any atom is 0.428 e. The number of aliphatic hydroxyl groups excluding tert-OH is 1. The Bertz CT molecular complexity index is 1580. The molecule has 5 aromatic rings. The number of aryl methyl sites for hydroxylation is 1. The highest BCUT2D eigenvalue weighted by molar-refractivity contribution is 5.89. The minimum atomic E-state index is -0.441. The number of hydrogen-bond acceptors (Lipinski definition) is 7. The Morgan fingerprint density at radius 3 is 2.63 bits per heavy atom. The van der Waals surface area contributed by atoms with Gasteiger partial charge in [0.1, 0.15) is 23.9 Å². The van der Waals surface area contributed by atoms with E-state index >= 15 is 0 Å². The number of aromatic nitrogens is 7. The predicted molar refractivity (Wildman–Crippen MR) is 124 cm³/mol. The predicted octanol–water partition coefficient (Wildman–Crippen LogP) is 1.04. The Morgan fingerprint density at radius 2 is 1.97 bits per heavy atom. The maximum atomic E-state index is 13.7. The molecule has 0 saturated heterocycles. The second-order valence-corrected chi connectivity index (χ2v) is 7.87. The van der Waals surface area contributed by atoms with Crippen molar-refractivity contribution in [2.75, 3.05) is 12.8 Å². The average Bonchev–Trinajstić information content (AvgIpc) is 3.41. The zero-order valence-electron chi connectivity index (χ0n) is 18.9. The van der Waals surface area contributed by atoms with Crippen LogP contribution in [0.25, 0.3) is 28.0 Å². The van der Waals surface area contributed by atoms with Gasteiger partial charge in [0.25, 0.3) is 0 Å². The van der Waals surface area contributed by atoms with Crippen molar-refractivity contribution < 1.29 is 18.6 Å². The van der Waals surface area contributed by atoms with Gasteiger partial charge in [-0.3, -0.25) is 0 Å². The van der Waals surface area contributed by atoms with Gasteiger partial charge in [0.05, 0.1) is 25.0 Å². The molecule has 0 unspecified atom stereocenters. The SMILES string of the molecule is COc1cc(-c2c(-c3ccc(F)cc3)nc(N)[n+]3c(=O)n(Cc4nccn4C)[nH]c23)cc(CO)n1. The highest BCUT2D eigenvalue weighted by atomic mass is 19.1. The quantitative estimate of drug-likeness (QED) is 0.310. The first kappa shape index (κ1) is 22.2. The second-order valence-electron chi connectivity index (χ2n) is 7.87. The third-order valence-corrected chi connectivity index (χ3v) is 5.67. The first-order valence-corrected chi connectivity index (χ1v) is 10.6. The van der Waals surface area contributed by atoms with Gasteiger partial charge in [-0.2, -0.15) is 4.68 Å². The molecular weight excluding hydrogens is 455 g/mol. The number of imidazole rings is 1. The van der Waals surface area contributed by atoms with Crippen molar-refractivity contribution in [2.24, 2.45) is 7.05 Å². The summed E-state index contributed by atoms with van der Waals surface area (Å²) in [6.45, 7) is -0.165. The summed E-state index contributed by atoms with van der Waals surface area (Å²) in [5.74, 6) is 0.466. The molecule has 35 heavy (non-hydrogen) atoms. The minimum absolute atomic E-state index is 0.0497. The van der Waals surface area contributed by atoms with Gasteiger partial charge in [-0.25, -0.2) is 24.3 Å². The van der Waals surface area contributed by atoms with Crippen molar-refractivity contribution in [1.29, 1.82) is 0 Å². The summed E-state index contributed by atoms with van der Waals surface area (Å²) in [5, 5.41) is 12.9. The maximum absolute atomic E-state index is 13.7. The van der Waals surface area contributed by atoms with Gasteiger partial charge in [-0.1, -0.05) is 0 Å². The number of halogens is 1. The number of ether oxygens (including phenoxy) is 1. The number of aliphatic hydroxyl groups is 1. The van der Waals surface area contributed by atoms with Crippen molar-refractivity contribution in [2.45, 2.75) is 13.2 Å². The molecule has 1 aromatic carbocycles.